The van der Waals surface area contributed by atoms with Crippen LogP contribution < -0.4 is 10.6 Å². The van der Waals surface area contributed by atoms with E-state index in [2.05, 4.69) is 20.6 Å². The number of carbonyl (C=O) groups excluding carboxylic acids is 2. The first-order valence-corrected chi connectivity index (χ1v) is 14.0. The summed E-state index contributed by atoms with van der Waals surface area (Å²) in [4.78, 5) is 33.8. The number of alkyl halides is 3. The molecule has 7 nitrogen and oxygen atoms in total. The molecule has 2 heterocycles. The van der Waals surface area contributed by atoms with Crippen molar-refractivity contribution in [1.29, 1.82) is 0 Å². The van der Waals surface area contributed by atoms with Gasteiger partial charge in [-0.15, -0.1) is 11.3 Å². The third kappa shape index (κ3) is 7.94. The predicted molar refractivity (Wildman–Crippen MR) is 156 cm³/mol. The van der Waals surface area contributed by atoms with Crippen molar-refractivity contribution >= 4 is 23.3 Å². The van der Waals surface area contributed by atoms with Crippen molar-refractivity contribution in [2.75, 3.05) is 0 Å². The van der Waals surface area contributed by atoms with Crippen molar-refractivity contribution in [3.8, 4) is 21.7 Å². The molecule has 2 aromatic heterocycles. The molecule has 0 fully saturated rings. The number of alkyl carbamates (subject to hydrolysis) is 1. The number of pyridine rings is 1. The van der Waals surface area contributed by atoms with Gasteiger partial charge in [-0.2, -0.15) is 13.2 Å². The fraction of sp³-hybridized carbons (Fsp3) is 0.290. The monoisotopic (exact) mass is 596 g/mol. The summed E-state index contributed by atoms with van der Waals surface area (Å²) in [6, 6.07) is 13.3. The second kappa shape index (κ2) is 12.3. The topological polar surface area (TPSA) is 93.2 Å². The van der Waals surface area contributed by atoms with Crippen molar-refractivity contribution in [3.05, 3.63) is 94.3 Å². The minimum absolute atomic E-state index is 0.0246. The fourth-order valence-corrected chi connectivity index (χ4v) is 4.93. The molecule has 2 N–H and O–H groups in total. The Balaban J connectivity index is 1.51. The third-order valence-electron chi connectivity index (χ3n) is 6.19. The highest BCUT2D eigenvalue weighted by Gasteiger charge is 2.31. The van der Waals surface area contributed by atoms with E-state index in [0.717, 1.165) is 34.0 Å². The third-order valence-corrected chi connectivity index (χ3v) is 7.20. The lowest BCUT2D eigenvalue weighted by Crippen LogP contribution is -2.32. The normalized spacial score (nSPS) is 12.5. The standard InChI is InChI=1S/C31H31F3N4O3S/c1-18-17-42-28(37-18)22-12-13-35-26(14-22)27(39)38-19(2)20-6-8-21(9-7-20)25-15-24(31(32,33)34)11-10-23(25)16-36-29(40)41-30(3,4)5/h6-15,17,19H,16H2,1-5H3,(H,36,40)(H,38,39)/t19-/m1/s1. The van der Waals surface area contributed by atoms with Crippen molar-refractivity contribution in [1.82, 2.24) is 20.6 Å². The highest BCUT2D eigenvalue weighted by Crippen LogP contribution is 2.34. The zero-order valence-corrected chi connectivity index (χ0v) is 24.6. The summed E-state index contributed by atoms with van der Waals surface area (Å²) in [7, 11) is 0. The summed E-state index contributed by atoms with van der Waals surface area (Å²) in [5.41, 5.74) is 2.51. The van der Waals surface area contributed by atoms with Gasteiger partial charge in [0, 0.05) is 29.4 Å². The Kier molecular flexibility index (Phi) is 9.00. The van der Waals surface area contributed by atoms with Gasteiger partial charge in [0.2, 0.25) is 0 Å². The first-order valence-electron chi connectivity index (χ1n) is 13.2. The van der Waals surface area contributed by atoms with Crippen LogP contribution in [0, 0.1) is 6.92 Å². The molecule has 0 saturated heterocycles. The molecule has 0 radical (unpaired) electrons. The molecule has 0 bridgehead atoms. The van der Waals surface area contributed by atoms with E-state index in [0.29, 0.717) is 16.7 Å². The van der Waals surface area contributed by atoms with Gasteiger partial charge >= 0.3 is 12.3 Å². The number of aryl methyl sites for hydroxylation is 1. The van der Waals surface area contributed by atoms with Crippen LogP contribution in [0.5, 0.6) is 0 Å². The molecular weight excluding hydrogens is 565 g/mol. The van der Waals surface area contributed by atoms with Crippen LogP contribution in [0.3, 0.4) is 0 Å². The molecule has 4 aromatic rings. The minimum Gasteiger partial charge on any atom is -0.444 e. The van der Waals surface area contributed by atoms with Gasteiger partial charge in [-0.1, -0.05) is 30.3 Å². The predicted octanol–water partition coefficient (Wildman–Crippen LogP) is 7.72. The molecule has 0 unspecified atom stereocenters. The number of hydrogen-bond donors (Lipinski definition) is 2. The van der Waals surface area contributed by atoms with Crippen molar-refractivity contribution in [2.24, 2.45) is 0 Å². The number of ether oxygens (including phenoxy) is 1. The van der Waals surface area contributed by atoms with Crippen LogP contribution in [0.2, 0.25) is 0 Å². The average Bonchev–Trinajstić information content (AvgIpc) is 3.36. The number of carbonyl (C=O) groups is 2. The number of aromatic nitrogens is 2. The van der Waals surface area contributed by atoms with Crippen LogP contribution >= 0.6 is 11.3 Å². The number of amides is 2. The lowest BCUT2D eigenvalue weighted by Gasteiger charge is -2.20. The van der Waals surface area contributed by atoms with E-state index in [1.165, 1.54) is 17.4 Å². The summed E-state index contributed by atoms with van der Waals surface area (Å²) in [5, 5.41) is 8.25. The van der Waals surface area contributed by atoms with Crippen LogP contribution in [0.4, 0.5) is 18.0 Å². The summed E-state index contributed by atoms with van der Waals surface area (Å²) in [6.07, 6.45) is -3.64. The van der Waals surface area contributed by atoms with Gasteiger partial charge in [0.25, 0.3) is 5.91 Å². The zero-order valence-electron chi connectivity index (χ0n) is 23.8. The van der Waals surface area contributed by atoms with Crippen LogP contribution in [0.15, 0.2) is 66.2 Å². The molecule has 0 aliphatic carbocycles. The summed E-state index contributed by atoms with van der Waals surface area (Å²) < 4.78 is 45.8. The molecule has 0 aliphatic rings. The minimum atomic E-state index is -4.53. The van der Waals surface area contributed by atoms with Gasteiger partial charge in [-0.25, -0.2) is 9.78 Å². The molecule has 0 saturated carbocycles. The summed E-state index contributed by atoms with van der Waals surface area (Å²) >= 11 is 1.48. The smallest absolute Gasteiger partial charge is 0.416 e. The number of nitrogens with zero attached hydrogens (tertiary/aromatic N) is 2. The van der Waals surface area contributed by atoms with Crippen LogP contribution in [0.1, 0.15) is 66.6 Å². The molecule has 11 heteroatoms. The maximum Gasteiger partial charge on any atom is 0.416 e. The van der Waals surface area contributed by atoms with Gasteiger partial charge in [-0.05, 0) is 81.1 Å². The lowest BCUT2D eigenvalue weighted by atomic mass is 9.95. The highest BCUT2D eigenvalue weighted by atomic mass is 32.1. The van der Waals surface area contributed by atoms with E-state index in [9.17, 15) is 22.8 Å². The van der Waals surface area contributed by atoms with Crippen LogP contribution in [-0.2, 0) is 17.5 Å². The first kappa shape index (κ1) is 30.7. The Hall–Kier alpha value is -4.25. The van der Waals surface area contributed by atoms with E-state index in [4.69, 9.17) is 4.74 Å². The SMILES string of the molecule is Cc1csc(-c2ccnc(C(=O)N[C@H](C)c3ccc(-c4cc(C(F)(F)F)ccc4CNC(=O)OC(C)(C)C)cc3)c2)n1. The Morgan fingerprint density at radius 1 is 1.00 bits per heavy atom. The van der Waals surface area contributed by atoms with E-state index >= 15 is 0 Å². The number of halogens is 3. The summed E-state index contributed by atoms with van der Waals surface area (Å²) in [5.74, 6) is -0.366. The molecule has 4 rings (SSSR count). The first-order chi connectivity index (χ1) is 19.7. The lowest BCUT2D eigenvalue weighted by molar-refractivity contribution is -0.137. The van der Waals surface area contributed by atoms with Crippen molar-refractivity contribution in [2.45, 2.75) is 59.0 Å². The number of thiazole rings is 1. The van der Waals surface area contributed by atoms with E-state index < -0.39 is 29.5 Å². The molecule has 1 atom stereocenters. The van der Waals surface area contributed by atoms with Gasteiger partial charge in [0.1, 0.15) is 16.3 Å². The van der Waals surface area contributed by atoms with Crippen LogP contribution in [-0.4, -0.2) is 27.6 Å². The molecule has 2 aromatic carbocycles. The second-order valence-corrected chi connectivity index (χ2v) is 11.6. The number of benzene rings is 2. The van der Waals surface area contributed by atoms with Gasteiger partial charge in [0.05, 0.1) is 11.6 Å². The Morgan fingerprint density at radius 3 is 2.33 bits per heavy atom. The molecule has 42 heavy (non-hydrogen) atoms. The molecular formula is C31H31F3N4O3S. The second-order valence-electron chi connectivity index (χ2n) is 10.8. The van der Waals surface area contributed by atoms with E-state index in [1.54, 1.807) is 70.3 Å². The van der Waals surface area contributed by atoms with Gasteiger partial charge in [-0.3, -0.25) is 9.78 Å². The van der Waals surface area contributed by atoms with Crippen molar-refractivity contribution in [3.63, 3.8) is 0 Å². The molecule has 0 spiro atoms. The molecule has 0 aliphatic heterocycles. The number of hydrogen-bond acceptors (Lipinski definition) is 6. The number of nitrogens with one attached hydrogen (secondary N) is 2. The Labute approximate surface area is 246 Å². The van der Waals surface area contributed by atoms with Gasteiger partial charge < -0.3 is 15.4 Å². The van der Waals surface area contributed by atoms with E-state index in [1.807, 2.05) is 12.3 Å². The number of rotatable bonds is 7. The Morgan fingerprint density at radius 2 is 1.71 bits per heavy atom. The van der Waals surface area contributed by atoms with Crippen LogP contribution in [0.25, 0.3) is 21.7 Å². The van der Waals surface area contributed by atoms with Gasteiger partial charge in [0.15, 0.2) is 0 Å². The van der Waals surface area contributed by atoms with E-state index in [-0.39, 0.29) is 18.1 Å². The fourth-order valence-electron chi connectivity index (χ4n) is 4.14. The molecule has 2 amide bonds. The van der Waals surface area contributed by atoms with Crippen molar-refractivity contribution < 1.29 is 27.5 Å². The zero-order chi connectivity index (χ0) is 30.7. The Bertz CT molecular complexity index is 1580. The largest absolute Gasteiger partial charge is 0.444 e. The average molecular weight is 597 g/mol. The quantitative estimate of drug-likeness (QED) is 0.228. The maximum absolute atomic E-state index is 13.5. The summed E-state index contributed by atoms with van der Waals surface area (Å²) in [6.45, 7) is 8.84. The maximum atomic E-state index is 13.5. The highest BCUT2D eigenvalue weighted by molar-refractivity contribution is 7.13. The molecule has 220 valence electrons.